The van der Waals surface area contributed by atoms with Crippen LogP contribution >= 0.6 is 0 Å². The van der Waals surface area contributed by atoms with E-state index in [1.54, 1.807) is 0 Å². The maximum absolute atomic E-state index is 11.9. The van der Waals surface area contributed by atoms with Crippen molar-refractivity contribution < 1.29 is 16.8 Å². The second-order valence-corrected chi connectivity index (χ2v) is 9.10. The summed E-state index contributed by atoms with van der Waals surface area (Å²) < 4.78 is 46.2. The Balaban J connectivity index is 2.31. The van der Waals surface area contributed by atoms with E-state index >= 15 is 0 Å². The molecule has 0 aromatic heterocycles. The van der Waals surface area contributed by atoms with Gasteiger partial charge in [0, 0.05) is 5.41 Å². The van der Waals surface area contributed by atoms with Crippen LogP contribution in [0.15, 0.2) is 11.5 Å². The van der Waals surface area contributed by atoms with E-state index < -0.39 is 24.9 Å². The fourth-order valence-electron chi connectivity index (χ4n) is 2.01. The fourth-order valence-corrected chi connectivity index (χ4v) is 5.84. The Hall–Kier alpha value is -0.360. The Bertz CT molecular complexity index is 474. The molecule has 1 aliphatic rings. The van der Waals surface area contributed by atoms with Crippen molar-refractivity contribution in [3.8, 4) is 0 Å². The second-order valence-electron chi connectivity index (χ2n) is 4.83. The van der Waals surface area contributed by atoms with E-state index in [4.69, 9.17) is 0 Å². The Morgan fingerprint density at radius 3 is 2.28 bits per heavy atom. The van der Waals surface area contributed by atoms with Crippen molar-refractivity contribution in [3.63, 3.8) is 0 Å². The molecule has 1 rings (SSSR count). The second kappa shape index (κ2) is 6.70. The SMILES string of the molecule is CCCCCCCCS(=O)(=O)C1C=CS(=O)(=O)C1. The largest absolute Gasteiger partial charge is 0.228 e. The molecule has 0 bridgehead atoms. The number of unbranched alkanes of at least 4 members (excludes halogenated alkanes) is 5. The number of hydrogen-bond donors (Lipinski definition) is 0. The third-order valence-electron chi connectivity index (χ3n) is 3.14. The summed E-state index contributed by atoms with van der Waals surface area (Å²) in [5.74, 6) is -0.172. The van der Waals surface area contributed by atoms with Gasteiger partial charge in [0.25, 0.3) is 0 Å². The van der Waals surface area contributed by atoms with Gasteiger partial charge < -0.3 is 0 Å². The summed E-state index contributed by atoms with van der Waals surface area (Å²) in [6.07, 6.45) is 7.41. The van der Waals surface area contributed by atoms with Crippen LogP contribution in [-0.4, -0.2) is 33.6 Å². The van der Waals surface area contributed by atoms with Gasteiger partial charge in [0.2, 0.25) is 0 Å². The first-order valence-electron chi connectivity index (χ1n) is 6.50. The molecule has 1 heterocycles. The van der Waals surface area contributed by atoms with Crippen LogP contribution in [0.4, 0.5) is 0 Å². The van der Waals surface area contributed by atoms with Gasteiger partial charge in [-0.05, 0) is 6.42 Å². The van der Waals surface area contributed by atoms with E-state index in [0.29, 0.717) is 6.42 Å². The fraction of sp³-hybridized carbons (Fsp3) is 0.833. The monoisotopic (exact) mass is 294 g/mol. The molecule has 1 aliphatic heterocycles. The maximum atomic E-state index is 11.9. The van der Waals surface area contributed by atoms with E-state index in [1.165, 1.54) is 18.9 Å². The summed E-state index contributed by atoms with van der Waals surface area (Å²) in [4.78, 5) is 0. The van der Waals surface area contributed by atoms with E-state index in [0.717, 1.165) is 24.7 Å². The molecular weight excluding hydrogens is 272 g/mol. The highest BCUT2D eigenvalue weighted by Crippen LogP contribution is 2.18. The highest BCUT2D eigenvalue weighted by Gasteiger charge is 2.31. The molecule has 0 spiro atoms. The topological polar surface area (TPSA) is 68.3 Å². The van der Waals surface area contributed by atoms with E-state index in [9.17, 15) is 16.8 Å². The van der Waals surface area contributed by atoms with Gasteiger partial charge in [0.15, 0.2) is 19.7 Å². The van der Waals surface area contributed by atoms with Gasteiger partial charge in [-0.1, -0.05) is 45.1 Å². The molecule has 0 N–H and O–H groups in total. The van der Waals surface area contributed by atoms with Gasteiger partial charge in [-0.15, -0.1) is 0 Å². The Morgan fingerprint density at radius 1 is 1.11 bits per heavy atom. The molecule has 6 heteroatoms. The van der Waals surface area contributed by atoms with Gasteiger partial charge in [-0.2, -0.15) is 0 Å². The van der Waals surface area contributed by atoms with Crippen molar-refractivity contribution in [2.24, 2.45) is 0 Å². The van der Waals surface area contributed by atoms with Gasteiger partial charge in [0.05, 0.1) is 16.8 Å². The predicted octanol–water partition coefficient (Wildman–Crippen LogP) is 2.07. The van der Waals surface area contributed by atoms with Gasteiger partial charge in [-0.25, -0.2) is 16.8 Å². The van der Waals surface area contributed by atoms with Crippen LogP contribution in [0.2, 0.25) is 0 Å². The first kappa shape index (κ1) is 15.7. The Kier molecular flexibility index (Phi) is 5.85. The van der Waals surface area contributed by atoms with Crippen molar-refractivity contribution in [1.82, 2.24) is 0 Å². The molecule has 0 aliphatic carbocycles. The van der Waals surface area contributed by atoms with Gasteiger partial charge in [-0.3, -0.25) is 0 Å². The molecule has 18 heavy (non-hydrogen) atoms. The summed E-state index contributed by atoms with van der Waals surface area (Å²) in [6.45, 7) is 2.14. The smallest absolute Gasteiger partial charge is 0.172 e. The minimum absolute atomic E-state index is 0.101. The van der Waals surface area contributed by atoms with Gasteiger partial charge in [0.1, 0.15) is 0 Å². The normalized spacial score (nSPS) is 22.4. The molecule has 4 nitrogen and oxygen atoms in total. The van der Waals surface area contributed by atoms with Gasteiger partial charge >= 0.3 is 0 Å². The molecule has 0 fully saturated rings. The quantitative estimate of drug-likeness (QED) is 0.643. The molecule has 0 radical (unpaired) electrons. The van der Waals surface area contributed by atoms with E-state index in [2.05, 4.69) is 6.92 Å². The minimum atomic E-state index is -3.29. The van der Waals surface area contributed by atoms with Crippen molar-refractivity contribution in [2.75, 3.05) is 11.5 Å². The van der Waals surface area contributed by atoms with Crippen molar-refractivity contribution in [3.05, 3.63) is 11.5 Å². The lowest BCUT2D eigenvalue weighted by molar-refractivity contribution is 0.577. The van der Waals surface area contributed by atoms with Crippen LogP contribution in [0.1, 0.15) is 45.4 Å². The molecular formula is C12H22O4S2. The lowest BCUT2D eigenvalue weighted by Gasteiger charge is -2.08. The van der Waals surface area contributed by atoms with E-state index in [-0.39, 0.29) is 11.5 Å². The Morgan fingerprint density at radius 2 is 1.72 bits per heavy atom. The highest BCUT2D eigenvalue weighted by molar-refractivity contribution is 7.98. The molecule has 0 aromatic rings. The molecule has 0 saturated carbocycles. The third kappa shape index (κ3) is 5.10. The first-order valence-corrected chi connectivity index (χ1v) is 9.93. The summed E-state index contributed by atoms with van der Waals surface area (Å²) in [6, 6.07) is 0. The maximum Gasteiger partial charge on any atom is 0.172 e. The lowest BCUT2D eigenvalue weighted by atomic mass is 10.1. The number of rotatable bonds is 8. The lowest BCUT2D eigenvalue weighted by Crippen LogP contribution is -2.25. The predicted molar refractivity (Wildman–Crippen MR) is 73.9 cm³/mol. The van der Waals surface area contributed by atoms with Crippen LogP contribution in [0.3, 0.4) is 0 Å². The van der Waals surface area contributed by atoms with Crippen LogP contribution in [0, 0.1) is 0 Å². The summed E-state index contributed by atoms with van der Waals surface area (Å²) >= 11 is 0. The molecule has 0 amide bonds. The first-order chi connectivity index (χ1) is 8.37. The molecule has 0 aromatic carbocycles. The zero-order valence-electron chi connectivity index (χ0n) is 10.8. The molecule has 0 saturated heterocycles. The van der Waals surface area contributed by atoms with Crippen LogP contribution < -0.4 is 0 Å². The van der Waals surface area contributed by atoms with Crippen LogP contribution in [-0.2, 0) is 19.7 Å². The highest BCUT2D eigenvalue weighted by atomic mass is 32.2. The zero-order valence-corrected chi connectivity index (χ0v) is 12.5. The Labute approximate surface area is 110 Å². The van der Waals surface area contributed by atoms with Crippen molar-refractivity contribution >= 4 is 19.7 Å². The van der Waals surface area contributed by atoms with E-state index in [1.807, 2.05) is 0 Å². The summed E-state index contributed by atoms with van der Waals surface area (Å²) in [5, 5.41) is 0.203. The third-order valence-corrected chi connectivity index (χ3v) is 6.85. The van der Waals surface area contributed by atoms with Crippen molar-refractivity contribution in [2.45, 2.75) is 50.7 Å². The molecule has 106 valence electrons. The van der Waals surface area contributed by atoms with Crippen molar-refractivity contribution in [1.29, 1.82) is 0 Å². The summed E-state index contributed by atoms with van der Waals surface area (Å²) in [7, 11) is -6.57. The summed E-state index contributed by atoms with van der Waals surface area (Å²) in [5.41, 5.74) is 0. The van der Waals surface area contributed by atoms with Crippen LogP contribution in [0.5, 0.6) is 0 Å². The number of sulfone groups is 2. The zero-order chi connectivity index (χ0) is 13.6. The molecule has 1 unspecified atom stereocenters. The average molecular weight is 294 g/mol. The minimum Gasteiger partial charge on any atom is -0.228 e. The standard InChI is InChI=1S/C12H22O4S2/c1-2-3-4-5-6-7-9-18(15,16)12-8-10-17(13,14)11-12/h8,10,12H,2-7,9,11H2,1H3. The van der Waals surface area contributed by atoms with Crippen LogP contribution in [0.25, 0.3) is 0 Å². The average Bonchev–Trinajstić information content (AvgIpc) is 2.65. The molecule has 1 atom stereocenters. The number of hydrogen-bond acceptors (Lipinski definition) is 4.